The molecule has 160 valence electrons. The molecule has 2 aromatic carbocycles. The van der Waals surface area contributed by atoms with Gasteiger partial charge in [-0.05, 0) is 48.1 Å². The average molecular weight is 432 g/mol. The maximum atomic E-state index is 10.5. The lowest BCUT2D eigenvalue weighted by atomic mass is 9.99. The van der Waals surface area contributed by atoms with E-state index in [2.05, 4.69) is 11.6 Å². The van der Waals surface area contributed by atoms with Crippen LogP contribution < -0.4 is 18.9 Å². The topological polar surface area (TPSA) is 70.0 Å². The van der Waals surface area contributed by atoms with Gasteiger partial charge in [0.05, 0.1) is 20.8 Å². The van der Waals surface area contributed by atoms with Gasteiger partial charge in [0.25, 0.3) is 0 Å². The Bertz CT molecular complexity index is 997. The summed E-state index contributed by atoms with van der Waals surface area (Å²) < 4.78 is 22.2. The molecule has 0 amide bonds. The molecule has 30 heavy (non-hydrogen) atoms. The third-order valence-corrected chi connectivity index (χ3v) is 4.52. The highest BCUT2D eigenvalue weighted by Crippen LogP contribution is 2.40. The zero-order valence-corrected chi connectivity index (χ0v) is 18.1. The normalized spacial score (nSPS) is 10.2. The molecule has 0 fully saturated rings. The Hall–Kier alpha value is -3.12. The molecular weight excluding hydrogens is 406 g/mol. The Balaban J connectivity index is 0.00000320. The lowest BCUT2D eigenvalue weighted by Gasteiger charge is -2.16. The van der Waals surface area contributed by atoms with Crippen molar-refractivity contribution >= 4 is 23.2 Å². The maximum absolute atomic E-state index is 10.5. The predicted octanol–water partition coefficient (Wildman–Crippen LogP) is 4.93. The van der Waals surface area contributed by atoms with Crippen molar-refractivity contribution in [3.8, 4) is 28.7 Å². The van der Waals surface area contributed by atoms with Crippen molar-refractivity contribution in [1.82, 2.24) is 4.98 Å². The van der Waals surface area contributed by atoms with Crippen molar-refractivity contribution in [2.45, 2.75) is 13.3 Å². The second kappa shape index (κ2) is 10.6. The highest BCUT2D eigenvalue weighted by atomic mass is 35.5. The van der Waals surface area contributed by atoms with E-state index in [1.807, 2.05) is 25.1 Å². The monoisotopic (exact) mass is 431 g/mol. The van der Waals surface area contributed by atoms with Gasteiger partial charge in [-0.1, -0.05) is 18.7 Å². The van der Waals surface area contributed by atoms with Crippen LogP contribution in [0.15, 0.2) is 49.3 Å². The van der Waals surface area contributed by atoms with Gasteiger partial charge >= 0.3 is 0 Å². The van der Waals surface area contributed by atoms with E-state index in [4.69, 9.17) is 18.9 Å². The number of aromatic nitrogens is 1. The van der Waals surface area contributed by atoms with Crippen molar-refractivity contribution in [3.05, 3.63) is 60.4 Å². The first kappa shape index (κ1) is 23.2. The quantitative estimate of drug-likeness (QED) is 0.484. The molecule has 0 atom stereocenters. The lowest BCUT2D eigenvalue weighted by Crippen LogP contribution is -2.01. The Labute approximate surface area is 182 Å². The number of hydrogen-bond acceptors (Lipinski definition) is 6. The van der Waals surface area contributed by atoms with E-state index in [0.717, 1.165) is 16.5 Å². The summed E-state index contributed by atoms with van der Waals surface area (Å²) in [5, 5.41) is 12.1. The second-order valence-corrected chi connectivity index (χ2v) is 6.34. The van der Waals surface area contributed by atoms with Crippen molar-refractivity contribution in [2.75, 3.05) is 27.4 Å². The van der Waals surface area contributed by atoms with Crippen molar-refractivity contribution < 1.29 is 24.1 Å². The molecule has 1 heterocycles. The average Bonchev–Trinajstić information content (AvgIpc) is 2.74. The highest BCUT2D eigenvalue weighted by molar-refractivity contribution is 5.92. The summed E-state index contributed by atoms with van der Waals surface area (Å²) >= 11 is 0. The third kappa shape index (κ3) is 4.71. The number of phenolic OH excluding ortho intramolecular Hbond substituents is 1. The summed E-state index contributed by atoms with van der Waals surface area (Å²) in [7, 11) is 3.18. The van der Waals surface area contributed by atoms with E-state index >= 15 is 0 Å². The number of fused-ring (bicyclic) bond motifs is 1. The van der Waals surface area contributed by atoms with Crippen LogP contribution in [-0.2, 0) is 6.42 Å². The van der Waals surface area contributed by atoms with Crippen LogP contribution >= 0.6 is 12.4 Å². The standard InChI is InChI=1S/C23H25NO5.ClH/c1-5-9-29-23-20(26-3)11-15(12-21(23)27-4)10-16-13-24-14-18-17(16)7-8-19(22(18)25)28-6-2;/h5,7-8,11-14,25H,1,6,9-10H2,2-4H3;1H. The smallest absolute Gasteiger partial charge is 0.203 e. The number of pyridine rings is 1. The first-order valence-corrected chi connectivity index (χ1v) is 9.32. The highest BCUT2D eigenvalue weighted by Gasteiger charge is 2.16. The fourth-order valence-corrected chi connectivity index (χ4v) is 3.22. The number of ether oxygens (including phenoxy) is 4. The first-order chi connectivity index (χ1) is 14.1. The Morgan fingerprint density at radius 1 is 1.00 bits per heavy atom. The number of hydrogen-bond donors (Lipinski definition) is 1. The maximum Gasteiger partial charge on any atom is 0.203 e. The molecule has 0 unspecified atom stereocenters. The predicted molar refractivity (Wildman–Crippen MR) is 120 cm³/mol. The molecule has 0 aliphatic carbocycles. The van der Waals surface area contributed by atoms with Crippen LogP contribution in [0.4, 0.5) is 0 Å². The summed E-state index contributed by atoms with van der Waals surface area (Å²) in [6.07, 6.45) is 5.68. The van der Waals surface area contributed by atoms with E-state index in [9.17, 15) is 5.11 Å². The van der Waals surface area contributed by atoms with Gasteiger partial charge in [-0.15, -0.1) is 12.4 Å². The molecule has 3 rings (SSSR count). The van der Waals surface area contributed by atoms with E-state index < -0.39 is 0 Å². The zero-order chi connectivity index (χ0) is 20.8. The number of halogens is 1. The van der Waals surface area contributed by atoms with Gasteiger partial charge in [-0.2, -0.15) is 0 Å². The van der Waals surface area contributed by atoms with E-state index in [0.29, 0.717) is 48.0 Å². The van der Waals surface area contributed by atoms with Crippen molar-refractivity contribution in [2.24, 2.45) is 0 Å². The van der Waals surface area contributed by atoms with Crippen LogP contribution in [-0.4, -0.2) is 37.5 Å². The largest absolute Gasteiger partial charge is 0.504 e. The minimum atomic E-state index is 0. The van der Waals surface area contributed by atoms with Crippen molar-refractivity contribution in [3.63, 3.8) is 0 Å². The van der Waals surface area contributed by atoms with E-state index in [1.165, 1.54) is 0 Å². The molecule has 0 spiro atoms. The summed E-state index contributed by atoms with van der Waals surface area (Å²) in [6.45, 7) is 6.37. The molecule has 0 radical (unpaired) electrons. The van der Waals surface area contributed by atoms with E-state index in [1.54, 1.807) is 38.8 Å². The number of benzene rings is 2. The summed E-state index contributed by atoms with van der Waals surface area (Å²) in [6, 6.07) is 7.54. The molecule has 1 aromatic heterocycles. The molecule has 0 saturated heterocycles. The van der Waals surface area contributed by atoms with Gasteiger partial charge in [-0.3, -0.25) is 4.98 Å². The molecule has 7 heteroatoms. The Morgan fingerprint density at radius 2 is 1.70 bits per heavy atom. The number of aromatic hydroxyl groups is 1. The molecule has 0 aliphatic rings. The molecular formula is C23H26ClNO5. The number of methoxy groups -OCH3 is 2. The minimum absolute atomic E-state index is 0. The van der Waals surface area contributed by atoms with Crippen LogP contribution in [0.3, 0.4) is 0 Å². The Kier molecular flexibility index (Phi) is 8.18. The fraction of sp³-hybridized carbons (Fsp3) is 0.261. The molecule has 0 saturated carbocycles. The molecule has 0 aliphatic heterocycles. The summed E-state index contributed by atoms with van der Waals surface area (Å²) in [4.78, 5) is 4.30. The van der Waals surface area contributed by atoms with Gasteiger partial charge in [0.2, 0.25) is 5.75 Å². The first-order valence-electron chi connectivity index (χ1n) is 9.32. The molecule has 1 N–H and O–H groups in total. The molecule has 6 nitrogen and oxygen atoms in total. The minimum Gasteiger partial charge on any atom is -0.504 e. The van der Waals surface area contributed by atoms with Gasteiger partial charge in [0, 0.05) is 17.8 Å². The van der Waals surface area contributed by atoms with Gasteiger partial charge in [-0.25, -0.2) is 0 Å². The summed E-state index contributed by atoms with van der Waals surface area (Å²) in [5.41, 5.74) is 1.93. The molecule has 3 aromatic rings. The Morgan fingerprint density at radius 3 is 2.30 bits per heavy atom. The summed E-state index contributed by atoms with van der Waals surface area (Å²) in [5.74, 6) is 2.24. The zero-order valence-electron chi connectivity index (χ0n) is 17.3. The number of rotatable bonds is 9. The van der Waals surface area contributed by atoms with Gasteiger partial charge in [0.15, 0.2) is 23.0 Å². The van der Waals surface area contributed by atoms with Gasteiger partial charge < -0.3 is 24.1 Å². The van der Waals surface area contributed by atoms with E-state index in [-0.39, 0.29) is 18.2 Å². The van der Waals surface area contributed by atoms with Crippen LogP contribution in [0.25, 0.3) is 10.8 Å². The number of nitrogens with zero attached hydrogens (tertiary/aromatic N) is 1. The lowest BCUT2D eigenvalue weighted by molar-refractivity contribution is 0.300. The second-order valence-electron chi connectivity index (χ2n) is 6.34. The number of phenols is 1. The van der Waals surface area contributed by atoms with Crippen LogP contribution in [0.5, 0.6) is 28.7 Å². The van der Waals surface area contributed by atoms with Crippen LogP contribution in [0, 0.1) is 0 Å². The van der Waals surface area contributed by atoms with Crippen molar-refractivity contribution in [1.29, 1.82) is 0 Å². The van der Waals surface area contributed by atoms with Gasteiger partial charge in [0.1, 0.15) is 6.61 Å². The third-order valence-electron chi connectivity index (χ3n) is 4.52. The molecule has 0 bridgehead atoms. The van der Waals surface area contributed by atoms with Crippen LogP contribution in [0.2, 0.25) is 0 Å². The SMILES string of the molecule is C=CCOc1c(OC)cc(Cc2cncc3c(O)c(OCC)ccc23)cc1OC.Cl. The van der Waals surface area contributed by atoms with Crippen LogP contribution in [0.1, 0.15) is 18.1 Å². The fourth-order valence-electron chi connectivity index (χ4n) is 3.22.